The Kier molecular flexibility index (Phi) is 3.84. The van der Waals surface area contributed by atoms with Crippen molar-refractivity contribution in [2.24, 2.45) is 0 Å². The molecule has 4 rings (SSSR count). The number of anilines is 1. The Hall–Kier alpha value is -2.95. The number of benzene rings is 1. The van der Waals surface area contributed by atoms with Crippen molar-refractivity contribution in [2.45, 2.75) is 32.1 Å². The highest BCUT2D eigenvalue weighted by atomic mass is 16.1. The molecule has 1 N–H and O–H groups in total. The second kappa shape index (κ2) is 6.16. The summed E-state index contributed by atoms with van der Waals surface area (Å²) in [5.41, 5.74) is 4.20. The molecule has 0 unspecified atom stereocenters. The Morgan fingerprint density at radius 2 is 2.00 bits per heavy atom. The molecule has 5 heteroatoms. The number of nitrogens with one attached hydrogen (secondary N) is 1. The molecule has 3 aromatic rings. The van der Waals surface area contributed by atoms with Gasteiger partial charge in [0.2, 0.25) is 5.91 Å². The van der Waals surface area contributed by atoms with Crippen LogP contribution in [0, 0.1) is 0 Å². The van der Waals surface area contributed by atoms with E-state index in [9.17, 15) is 4.79 Å². The zero-order chi connectivity index (χ0) is 17.4. The van der Waals surface area contributed by atoms with E-state index in [1.807, 2.05) is 16.7 Å². The number of pyridine rings is 1. The van der Waals surface area contributed by atoms with Gasteiger partial charge in [-0.25, -0.2) is 4.98 Å². The Balaban J connectivity index is 1.75. The molecule has 126 valence electrons. The lowest BCUT2D eigenvalue weighted by atomic mass is 9.88. The third-order valence-corrected chi connectivity index (χ3v) is 4.70. The predicted molar refractivity (Wildman–Crippen MR) is 97.0 cm³/mol. The van der Waals surface area contributed by atoms with Crippen molar-refractivity contribution in [2.75, 3.05) is 5.32 Å². The van der Waals surface area contributed by atoms with Gasteiger partial charge in [-0.05, 0) is 29.2 Å². The highest BCUT2D eigenvalue weighted by Gasteiger charge is 2.31. The Bertz CT molecular complexity index is 897. The number of aromatic nitrogens is 3. The van der Waals surface area contributed by atoms with E-state index < -0.39 is 0 Å². The highest BCUT2D eigenvalue weighted by Crippen LogP contribution is 2.37. The number of hydrogen-bond donors (Lipinski definition) is 1. The SMILES string of the molecule is CC(C)c1ccc([C@@H]2CC(=O)Nc3c2ncn3-c2cccnc2)cc1. The first-order valence-electron chi connectivity index (χ1n) is 8.51. The van der Waals surface area contributed by atoms with Gasteiger partial charge in [-0.15, -0.1) is 0 Å². The molecule has 0 saturated heterocycles. The van der Waals surface area contributed by atoms with Crippen molar-refractivity contribution in [1.29, 1.82) is 0 Å². The van der Waals surface area contributed by atoms with Crippen LogP contribution in [0.25, 0.3) is 5.69 Å². The van der Waals surface area contributed by atoms with E-state index in [0.717, 1.165) is 22.8 Å². The van der Waals surface area contributed by atoms with E-state index in [0.29, 0.717) is 12.3 Å². The molecule has 1 amide bonds. The van der Waals surface area contributed by atoms with Crippen molar-refractivity contribution in [3.8, 4) is 5.69 Å². The van der Waals surface area contributed by atoms with Crippen molar-refractivity contribution in [3.05, 3.63) is 71.9 Å². The second-order valence-electron chi connectivity index (χ2n) is 6.69. The number of carbonyl (C=O) groups excluding carboxylic acids is 1. The molecule has 0 fully saturated rings. The van der Waals surface area contributed by atoms with Crippen LogP contribution in [0.5, 0.6) is 0 Å². The summed E-state index contributed by atoms with van der Waals surface area (Å²) in [5.74, 6) is 1.21. The Labute approximate surface area is 146 Å². The van der Waals surface area contributed by atoms with Crippen LogP contribution in [0.3, 0.4) is 0 Å². The lowest BCUT2D eigenvalue weighted by Crippen LogP contribution is -2.24. The summed E-state index contributed by atoms with van der Waals surface area (Å²) >= 11 is 0. The molecule has 25 heavy (non-hydrogen) atoms. The van der Waals surface area contributed by atoms with Crippen LogP contribution >= 0.6 is 0 Å². The third-order valence-electron chi connectivity index (χ3n) is 4.70. The smallest absolute Gasteiger partial charge is 0.226 e. The predicted octanol–water partition coefficient (Wildman–Crippen LogP) is 3.86. The van der Waals surface area contributed by atoms with Gasteiger partial charge in [-0.3, -0.25) is 14.3 Å². The first-order valence-corrected chi connectivity index (χ1v) is 8.51. The van der Waals surface area contributed by atoms with Gasteiger partial charge in [0.1, 0.15) is 12.1 Å². The zero-order valence-electron chi connectivity index (χ0n) is 14.3. The van der Waals surface area contributed by atoms with Crippen molar-refractivity contribution in [1.82, 2.24) is 14.5 Å². The average molecular weight is 332 g/mol. The van der Waals surface area contributed by atoms with Gasteiger partial charge in [0.15, 0.2) is 0 Å². The number of amides is 1. The lowest BCUT2D eigenvalue weighted by Gasteiger charge is -2.23. The number of imidazole rings is 1. The molecule has 1 aromatic carbocycles. The van der Waals surface area contributed by atoms with Crippen molar-refractivity contribution in [3.63, 3.8) is 0 Å². The fraction of sp³-hybridized carbons (Fsp3) is 0.250. The maximum absolute atomic E-state index is 12.3. The molecule has 0 spiro atoms. The van der Waals surface area contributed by atoms with E-state index in [4.69, 9.17) is 0 Å². The molecule has 5 nitrogen and oxygen atoms in total. The average Bonchev–Trinajstić information content (AvgIpc) is 3.05. The highest BCUT2D eigenvalue weighted by molar-refractivity contribution is 5.94. The standard InChI is InChI=1S/C20H20N4O/c1-13(2)14-5-7-15(8-6-14)17-10-18(25)23-20-19(17)22-12-24(20)16-4-3-9-21-11-16/h3-9,11-13,17H,10H2,1-2H3,(H,23,25)/t17-/m0/s1. The monoisotopic (exact) mass is 332 g/mol. The summed E-state index contributed by atoms with van der Waals surface area (Å²) in [5, 5.41) is 2.97. The molecular weight excluding hydrogens is 312 g/mol. The number of nitrogens with zero attached hydrogens (tertiary/aromatic N) is 3. The van der Waals surface area contributed by atoms with Crippen LogP contribution in [0.15, 0.2) is 55.1 Å². The van der Waals surface area contributed by atoms with Gasteiger partial charge < -0.3 is 5.32 Å². The number of carbonyl (C=O) groups is 1. The fourth-order valence-electron chi connectivity index (χ4n) is 3.29. The molecule has 2 aromatic heterocycles. The molecule has 0 bridgehead atoms. The minimum Gasteiger partial charge on any atom is -0.310 e. The zero-order valence-corrected chi connectivity index (χ0v) is 14.3. The number of hydrogen-bond acceptors (Lipinski definition) is 3. The molecule has 3 heterocycles. The van der Waals surface area contributed by atoms with Gasteiger partial charge in [0, 0.05) is 18.5 Å². The van der Waals surface area contributed by atoms with E-state index in [1.165, 1.54) is 5.56 Å². The van der Waals surface area contributed by atoms with Crippen LogP contribution in [0.1, 0.15) is 48.9 Å². The van der Waals surface area contributed by atoms with Gasteiger partial charge in [-0.1, -0.05) is 38.1 Å². The topological polar surface area (TPSA) is 59.8 Å². The first-order chi connectivity index (χ1) is 12.1. The maximum Gasteiger partial charge on any atom is 0.226 e. The van der Waals surface area contributed by atoms with E-state index >= 15 is 0 Å². The quantitative estimate of drug-likeness (QED) is 0.792. The third kappa shape index (κ3) is 2.82. The summed E-state index contributed by atoms with van der Waals surface area (Å²) < 4.78 is 1.88. The van der Waals surface area contributed by atoms with Crippen LogP contribution in [-0.4, -0.2) is 20.4 Å². The lowest BCUT2D eigenvalue weighted by molar-refractivity contribution is -0.116. The van der Waals surface area contributed by atoms with Gasteiger partial charge >= 0.3 is 0 Å². The van der Waals surface area contributed by atoms with Crippen LogP contribution in [-0.2, 0) is 4.79 Å². The molecule has 1 aliphatic heterocycles. The summed E-state index contributed by atoms with van der Waals surface area (Å²) in [6, 6.07) is 12.3. The van der Waals surface area contributed by atoms with Gasteiger partial charge in [0.25, 0.3) is 0 Å². The largest absolute Gasteiger partial charge is 0.310 e. The van der Waals surface area contributed by atoms with E-state index in [-0.39, 0.29) is 11.8 Å². The Morgan fingerprint density at radius 1 is 1.20 bits per heavy atom. The summed E-state index contributed by atoms with van der Waals surface area (Å²) in [7, 11) is 0. The van der Waals surface area contributed by atoms with Crippen LogP contribution in [0.2, 0.25) is 0 Å². The molecule has 0 aliphatic carbocycles. The van der Waals surface area contributed by atoms with Gasteiger partial charge in [0.05, 0.1) is 17.6 Å². The Morgan fingerprint density at radius 3 is 2.68 bits per heavy atom. The van der Waals surface area contributed by atoms with E-state index in [1.54, 1.807) is 18.7 Å². The van der Waals surface area contributed by atoms with Crippen molar-refractivity contribution >= 4 is 11.7 Å². The van der Waals surface area contributed by atoms with E-state index in [2.05, 4.69) is 53.4 Å². The molecule has 1 aliphatic rings. The summed E-state index contributed by atoms with van der Waals surface area (Å²) in [6.07, 6.45) is 5.65. The molecule has 0 radical (unpaired) electrons. The summed E-state index contributed by atoms with van der Waals surface area (Å²) in [6.45, 7) is 4.35. The molecule has 1 atom stereocenters. The first kappa shape index (κ1) is 15.6. The summed E-state index contributed by atoms with van der Waals surface area (Å²) in [4.78, 5) is 21.1. The number of fused-ring (bicyclic) bond motifs is 1. The molecule has 0 saturated carbocycles. The van der Waals surface area contributed by atoms with Crippen LogP contribution < -0.4 is 5.32 Å². The fourth-order valence-corrected chi connectivity index (χ4v) is 3.29. The number of rotatable bonds is 3. The van der Waals surface area contributed by atoms with Gasteiger partial charge in [-0.2, -0.15) is 0 Å². The maximum atomic E-state index is 12.3. The van der Waals surface area contributed by atoms with Crippen LogP contribution in [0.4, 0.5) is 5.82 Å². The second-order valence-corrected chi connectivity index (χ2v) is 6.69. The van der Waals surface area contributed by atoms with Crippen molar-refractivity contribution < 1.29 is 4.79 Å². The minimum absolute atomic E-state index is 0.0103. The normalized spacial score (nSPS) is 16.6. The minimum atomic E-state index is -0.0251. The molecular formula is C20H20N4O.